The van der Waals surface area contributed by atoms with Crippen molar-refractivity contribution in [1.29, 1.82) is 5.26 Å². The Hall–Kier alpha value is -3.69. The normalized spacial score (nSPS) is 20.1. The molecule has 3 aromatic rings. The zero-order valence-electron chi connectivity index (χ0n) is 25.6. The average Bonchev–Trinajstić information content (AvgIpc) is 3.36. The number of fused-ring (bicyclic) bond motifs is 2. The van der Waals surface area contributed by atoms with Crippen molar-refractivity contribution in [2.45, 2.75) is 83.7 Å². The van der Waals surface area contributed by atoms with Gasteiger partial charge in [-0.15, -0.1) is 0 Å². The predicted octanol–water partition coefficient (Wildman–Crippen LogP) is 5.43. The number of nitrogens with zero attached hydrogens (tertiary/aromatic N) is 6. The van der Waals surface area contributed by atoms with Crippen molar-refractivity contribution in [1.82, 2.24) is 19.7 Å². The fourth-order valence-corrected chi connectivity index (χ4v) is 6.39. The van der Waals surface area contributed by atoms with E-state index in [0.29, 0.717) is 41.9 Å². The lowest BCUT2D eigenvalue weighted by Crippen LogP contribution is -2.46. The molecule has 1 unspecified atom stereocenters. The molecule has 5 rings (SSSR count). The summed E-state index contributed by atoms with van der Waals surface area (Å²) < 4.78 is 14.7. The summed E-state index contributed by atoms with van der Waals surface area (Å²) in [5.74, 6) is 1.09. The van der Waals surface area contributed by atoms with Crippen LogP contribution in [0.15, 0.2) is 30.6 Å². The Labute approximate surface area is 249 Å². The largest absolute Gasteiger partial charge is 0.473 e. The van der Waals surface area contributed by atoms with Gasteiger partial charge in [0.25, 0.3) is 0 Å². The molecular formula is C30H39BN7O3Si. The quantitative estimate of drug-likeness (QED) is 0.273. The van der Waals surface area contributed by atoms with Crippen molar-refractivity contribution in [2.75, 3.05) is 23.3 Å². The molecule has 12 heteroatoms. The van der Waals surface area contributed by atoms with Crippen LogP contribution in [-0.2, 0) is 21.2 Å². The van der Waals surface area contributed by atoms with Crippen molar-refractivity contribution in [3.63, 3.8) is 0 Å². The van der Waals surface area contributed by atoms with E-state index in [2.05, 4.69) is 75.2 Å². The fraction of sp³-hybridized carbons (Fsp3) is 0.500. The molecule has 1 aromatic carbocycles. The van der Waals surface area contributed by atoms with Gasteiger partial charge in [0.15, 0.2) is 8.32 Å². The summed E-state index contributed by atoms with van der Waals surface area (Å²) in [6.45, 7) is 17.1. The summed E-state index contributed by atoms with van der Waals surface area (Å²) in [6.07, 6.45) is 6.26. The lowest BCUT2D eigenvalue weighted by Gasteiger charge is -2.39. The van der Waals surface area contributed by atoms with E-state index in [0.717, 1.165) is 42.4 Å². The summed E-state index contributed by atoms with van der Waals surface area (Å²) >= 11 is 0. The highest BCUT2D eigenvalue weighted by molar-refractivity contribution is 6.74. The molecule has 10 nitrogen and oxygen atoms in total. The number of carbonyl (C=O) groups excluding carboxylic acids is 1. The molecule has 2 aromatic heterocycles. The van der Waals surface area contributed by atoms with Crippen LogP contribution in [0.5, 0.6) is 5.88 Å². The van der Waals surface area contributed by atoms with Crippen LogP contribution < -0.4 is 14.9 Å². The van der Waals surface area contributed by atoms with Crippen LogP contribution in [0.1, 0.15) is 58.6 Å². The molecule has 2 aliphatic heterocycles. The van der Waals surface area contributed by atoms with E-state index in [4.69, 9.17) is 14.1 Å². The standard InChI is InChI=1S/C30H39BN7O3Si/c1-20-9-8-12-38-27(41-20)25(16-34-38)36-28-33-11-10-24(35-28)21-13-22(15-32)26-23(14-21)30(5,17-37(26)31-19-39)18-40-42(6,7)29(2,3)4/h10-11,13-14,16,19-20H,8-9,12,17-18H2,1-7H3,(H,33,35,36)/t20?,30-/m1/s1. The molecule has 2 atom stereocenters. The van der Waals surface area contributed by atoms with Gasteiger partial charge in [-0.3, -0.25) is 0 Å². The highest BCUT2D eigenvalue weighted by Gasteiger charge is 2.44. The molecule has 0 bridgehead atoms. The maximum atomic E-state index is 11.6. The molecule has 0 saturated carbocycles. The monoisotopic (exact) mass is 584 g/mol. The number of hydrogen-bond donors (Lipinski definition) is 1. The minimum absolute atomic E-state index is 0.0562. The Morgan fingerprint density at radius 2 is 2.14 bits per heavy atom. The number of benzene rings is 1. The number of ether oxygens (including phenoxy) is 1. The number of anilines is 3. The zero-order chi connectivity index (χ0) is 30.3. The smallest absolute Gasteiger partial charge is 0.329 e. The number of rotatable bonds is 8. The molecule has 0 amide bonds. The van der Waals surface area contributed by atoms with Crippen LogP contribution in [0.4, 0.5) is 17.3 Å². The van der Waals surface area contributed by atoms with Crippen LogP contribution in [0.3, 0.4) is 0 Å². The Kier molecular flexibility index (Phi) is 7.94. The van der Waals surface area contributed by atoms with E-state index in [9.17, 15) is 10.1 Å². The van der Waals surface area contributed by atoms with Gasteiger partial charge >= 0.3 is 7.41 Å². The van der Waals surface area contributed by atoms with Gasteiger partial charge in [-0.25, -0.2) is 14.6 Å². The number of hydrogen-bond acceptors (Lipinski definition) is 9. The summed E-state index contributed by atoms with van der Waals surface area (Å²) in [5, 5.41) is 18.0. The Morgan fingerprint density at radius 3 is 2.86 bits per heavy atom. The minimum Gasteiger partial charge on any atom is -0.473 e. The first kappa shape index (κ1) is 29.8. The van der Waals surface area contributed by atoms with Gasteiger partial charge in [0.2, 0.25) is 11.8 Å². The molecule has 0 saturated heterocycles. The summed E-state index contributed by atoms with van der Waals surface area (Å²) in [6, 6.07) is 8.09. The van der Waals surface area contributed by atoms with E-state index < -0.39 is 13.7 Å². The Balaban J connectivity index is 1.50. The Morgan fingerprint density at radius 1 is 1.36 bits per heavy atom. The third kappa shape index (κ3) is 5.68. The fourth-order valence-electron chi connectivity index (χ4n) is 5.28. The van der Waals surface area contributed by atoms with Crippen LogP contribution in [-0.4, -0.2) is 60.9 Å². The zero-order valence-corrected chi connectivity index (χ0v) is 26.6. The lowest BCUT2D eigenvalue weighted by molar-refractivity contribution is 0.209. The molecule has 1 radical (unpaired) electrons. The summed E-state index contributed by atoms with van der Waals surface area (Å²) in [4.78, 5) is 22.7. The molecule has 0 spiro atoms. The van der Waals surface area contributed by atoms with Gasteiger partial charge in [0.1, 0.15) is 17.9 Å². The molecule has 4 heterocycles. The number of aromatic nitrogens is 4. The molecule has 42 heavy (non-hydrogen) atoms. The van der Waals surface area contributed by atoms with Crippen LogP contribution in [0.2, 0.25) is 18.1 Å². The Bertz CT molecular complexity index is 1530. The second-order valence-electron chi connectivity index (χ2n) is 13.1. The van der Waals surface area contributed by atoms with Crippen LogP contribution in [0, 0.1) is 11.3 Å². The third-order valence-electron chi connectivity index (χ3n) is 8.77. The first-order valence-electron chi connectivity index (χ1n) is 14.5. The average molecular weight is 585 g/mol. The van der Waals surface area contributed by atoms with E-state index in [1.165, 1.54) is 7.41 Å². The topological polar surface area (TPSA) is 118 Å². The molecule has 0 fully saturated rings. The van der Waals surface area contributed by atoms with Crippen molar-refractivity contribution in [3.8, 4) is 23.2 Å². The third-order valence-corrected chi connectivity index (χ3v) is 13.2. The van der Waals surface area contributed by atoms with Crippen molar-refractivity contribution < 1.29 is 14.0 Å². The second kappa shape index (κ2) is 11.2. The molecular weight excluding hydrogens is 545 g/mol. The molecule has 2 aliphatic rings. The first-order chi connectivity index (χ1) is 19.8. The number of aryl methyl sites for hydroxylation is 1. The number of nitrogens with one attached hydrogen (secondary N) is 1. The van der Waals surface area contributed by atoms with E-state index in [1.807, 2.05) is 21.6 Å². The number of carbonyl (C=O) groups is 1. The maximum Gasteiger partial charge on any atom is 0.329 e. The van der Waals surface area contributed by atoms with Crippen LogP contribution >= 0.6 is 0 Å². The molecule has 219 valence electrons. The van der Waals surface area contributed by atoms with E-state index >= 15 is 0 Å². The van der Waals surface area contributed by atoms with Crippen LogP contribution in [0.25, 0.3) is 11.3 Å². The molecule has 0 aliphatic carbocycles. The lowest BCUT2D eigenvalue weighted by atomic mass is 9.83. The van der Waals surface area contributed by atoms with Gasteiger partial charge in [0.05, 0.1) is 23.6 Å². The summed E-state index contributed by atoms with van der Waals surface area (Å²) in [5.41, 5.74) is 3.92. The van der Waals surface area contributed by atoms with Gasteiger partial charge in [-0.05, 0) is 61.7 Å². The SMILES string of the molecule is CC1CCCn2ncc(Nc3nccc(-c4cc(C#N)c5c(c4)[C@@](C)(CO[Si](C)(C)C(C)(C)C)CN5[B]C=O)n3)c2O1. The predicted molar refractivity (Wildman–Crippen MR) is 167 cm³/mol. The van der Waals surface area contributed by atoms with Crippen molar-refractivity contribution >= 4 is 39.2 Å². The maximum absolute atomic E-state index is 11.6. The van der Waals surface area contributed by atoms with Crippen molar-refractivity contribution in [2.24, 2.45) is 0 Å². The van der Waals surface area contributed by atoms with Gasteiger partial charge in [-0.2, -0.15) is 10.4 Å². The van der Waals surface area contributed by atoms with Gasteiger partial charge in [-0.1, -0.05) is 27.7 Å². The van der Waals surface area contributed by atoms with Crippen molar-refractivity contribution in [3.05, 3.63) is 41.7 Å². The van der Waals surface area contributed by atoms with Gasteiger partial charge in [0, 0.05) is 42.6 Å². The highest BCUT2D eigenvalue weighted by atomic mass is 28.4. The summed E-state index contributed by atoms with van der Waals surface area (Å²) in [7, 11) is -0.545. The van der Waals surface area contributed by atoms with Gasteiger partial charge < -0.3 is 24.1 Å². The first-order valence-corrected chi connectivity index (χ1v) is 17.4. The van der Waals surface area contributed by atoms with E-state index in [1.54, 1.807) is 12.4 Å². The minimum atomic E-state index is -2.05. The highest BCUT2D eigenvalue weighted by Crippen LogP contribution is 2.46. The molecule has 1 N–H and O–H groups in total. The number of nitriles is 1. The second-order valence-corrected chi connectivity index (χ2v) is 17.9. The van der Waals surface area contributed by atoms with E-state index in [-0.39, 0.29) is 11.1 Å².